The summed E-state index contributed by atoms with van der Waals surface area (Å²) < 4.78 is 19.2. The Morgan fingerprint density at radius 1 is 1.07 bits per heavy atom. The molecule has 2 N–H and O–H groups in total. The van der Waals surface area contributed by atoms with Gasteiger partial charge in [0.15, 0.2) is 0 Å². The SMILES string of the molecule is O=C(CCNC(=O)c1cc(F)ccc1Br)NCc1cccc(CN2CCOCC2)c1. The summed E-state index contributed by atoms with van der Waals surface area (Å²) in [5, 5.41) is 5.51. The lowest BCUT2D eigenvalue weighted by Gasteiger charge is -2.26. The van der Waals surface area contributed by atoms with Gasteiger partial charge in [-0.3, -0.25) is 14.5 Å². The zero-order valence-corrected chi connectivity index (χ0v) is 18.2. The number of amides is 2. The highest BCUT2D eigenvalue weighted by Crippen LogP contribution is 2.17. The van der Waals surface area contributed by atoms with Crippen LogP contribution in [0.25, 0.3) is 0 Å². The van der Waals surface area contributed by atoms with Crippen LogP contribution in [0.15, 0.2) is 46.9 Å². The number of benzene rings is 2. The van der Waals surface area contributed by atoms with Gasteiger partial charge in [-0.15, -0.1) is 0 Å². The number of hydrogen-bond acceptors (Lipinski definition) is 4. The van der Waals surface area contributed by atoms with Crippen LogP contribution in [-0.2, 0) is 22.6 Å². The van der Waals surface area contributed by atoms with Crippen LogP contribution >= 0.6 is 15.9 Å². The van der Waals surface area contributed by atoms with Gasteiger partial charge in [-0.25, -0.2) is 4.39 Å². The van der Waals surface area contributed by atoms with Crippen molar-refractivity contribution in [2.75, 3.05) is 32.8 Å². The molecule has 0 saturated carbocycles. The summed E-state index contributed by atoms with van der Waals surface area (Å²) in [4.78, 5) is 26.6. The molecule has 0 aromatic heterocycles. The number of rotatable bonds is 8. The van der Waals surface area contributed by atoms with Crippen LogP contribution < -0.4 is 10.6 Å². The van der Waals surface area contributed by atoms with E-state index < -0.39 is 11.7 Å². The van der Waals surface area contributed by atoms with Crippen LogP contribution in [0, 0.1) is 5.82 Å². The minimum absolute atomic E-state index is 0.145. The van der Waals surface area contributed by atoms with Gasteiger partial charge in [-0.1, -0.05) is 24.3 Å². The van der Waals surface area contributed by atoms with Gasteiger partial charge >= 0.3 is 0 Å². The third-order valence-electron chi connectivity index (χ3n) is 4.80. The molecule has 1 aliphatic rings. The Bertz CT molecular complexity index is 888. The maximum atomic E-state index is 13.3. The summed E-state index contributed by atoms with van der Waals surface area (Å²) in [6.07, 6.45) is 0.145. The summed E-state index contributed by atoms with van der Waals surface area (Å²) in [7, 11) is 0. The molecule has 2 aromatic rings. The van der Waals surface area contributed by atoms with Gasteiger partial charge < -0.3 is 15.4 Å². The van der Waals surface area contributed by atoms with Crippen molar-refractivity contribution in [2.45, 2.75) is 19.5 Å². The van der Waals surface area contributed by atoms with Gasteiger partial charge in [-0.2, -0.15) is 0 Å². The first kappa shape index (κ1) is 22.4. The number of ether oxygens (including phenoxy) is 1. The van der Waals surface area contributed by atoms with Crippen molar-refractivity contribution >= 4 is 27.7 Å². The van der Waals surface area contributed by atoms with E-state index in [1.54, 1.807) is 0 Å². The van der Waals surface area contributed by atoms with Crippen molar-refractivity contribution in [3.63, 3.8) is 0 Å². The van der Waals surface area contributed by atoms with Crippen LogP contribution in [-0.4, -0.2) is 49.6 Å². The highest BCUT2D eigenvalue weighted by atomic mass is 79.9. The molecule has 0 unspecified atom stereocenters. The Morgan fingerprint density at radius 2 is 1.83 bits per heavy atom. The molecular weight excluding hydrogens is 453 g/mol. The quantitative estimate of drug-likeness (QED) is 0.613. The van der Waals surface area contributed by atoms with E-state index in [-0.39, 0.29) is 24.4 Å². The van der Waals surface area contributed by atoms with E-state index in [0.717, 1.165) is 44.5 Å². The van der Waals surface area contributed by atoms with Gasteiger partial charge in [-0.05, 0) is 45.3 Å². The molecule has 160 valence electrons. The van der Waals surface area contributed by atoms with E-state index in [0.29, 0.717) is 11.0 Å². The van der Waals surface area contributed by atoms with Gasteiger partial charge in [0.1, 0.15) is 5.82 Å². The Balaban J connectivity index is 1.40. The Labute approximate surface area is 183 Å². The van der Waals surface area contributed by atoms with Crippen LogP contribution in [0.3, 0.4) is 0 Å². The summed E-state index contributed by atoms with van der Waals surface area (Å²) >= 11 is 3.22. The molecule has 1 fully saturated rings. The third-order valence-corrected chi connectivity index (χ3v) is 5.49. The maximum absolute atomic E-state index is 13.3. The van der Waals surface area contributed by atoms with Crippen LogP contribution in [0.1, 0.15) is 27.9 Å². The monoisotopic (exact) mass is 477 g/mol. The maximum Gasteiger partial charge on any atom is 0.252 e. The molecule has 6 nitrogen and oxygen atoms in total. The van der Waals surface area contributed by atoms with Crippen LogP contribution in [0.4, 0.5) is 4.39 Å². The van der Waals surface area contributed by atoms with Crippen molar-refractivity contribution in [1.82, 2.24) is 15.5 Å². The highest BCUT2D eigenvalue weighted by molar-refractivity contribution is 9.10. The molecule has 0 aliphatic carbocycles. The normalized spacial score (nSPS) is 14.3. The molecular formula is C22H25BrFN3O3. The van der Waals surface area contributed by atoms with E-state index in [2.05, 4.69) is 43.6 Å². The van der Waals surface area contributed by atoms with E-state index in [9.17, 15) is 14.0 Å². The minimum Gasteiger partial charge on any atom is -0.379 e. The smallest absolute Gasteiger partial charge is 0.252 e. The zero-order chi connectivity index (χ0) is 21.3. The first-order chi connectivity index (χ1) is 14.5. The fourth-order valence-corrected chi connectivity index (χ4v) is 3.63. The largest absolute Gasteiger partial charge is 0.379 e. The highest BCUT2D eigenvalue weighted by Gasteiger charge is 2.12. The van der Waals surface area contributed by atoms with E-state index in [1.165, 1.54) is 17.7 Å². The summed E-state index contributed by atoms with van der Waals surface area (Å²) in [6.45, 7) is 4.86. The zero-order valence-electron chi connectivity index (χ0n) is 16.6. The number of morpholine rings is 1. The average Bonchev–Trinajstić information content (AvgIpc) is 2.75. The Morgan fingerprint density at radius 3 is 2.63 bits per heavy atom. The average molecular weight is 478 g/mol. The fourth-order valence-electron chi connectivity index (χ4n) is 3.20. The molecule has 8 heteroatoms. The molecule has 0 bridgehead atoms. The second-order valence-corrected chi connectivity index (χ2v) is 7.97. The number of nitrogens with zero attached hydrogens (tertiary/aromatic N) is 1. The predicted octanol–water partition coefficient (Wildman–Crippen LogP) is 2.86. The molecule has 1 heterocycles. The molecule has 0 atom stereocenters. The molecule has 1 aliphatic heterocycles. The molecule has 0 radical (unpaired) electrons. The van der Waals surface area contributed by atoms with Crippen molar-refractivity contribution < 1.29 is 18.7 Å². The number of carbonyl (C=O) groups excluding carboxylic acids is 2. The molecule has 30 heavy (non-hydrogen) atoms. The van der Waals surface area contributed by atoms with Crippen molar-refractivity contribution in [3.05, 3.63) is 69.4 Å². The summed E-state index contributed by atoms with van der Waals surface area (Å²) in [5.41, 5.74) is 2.44. The number of nitrogens with one attached hydrogen (secondary N) is 2. The lowest BCUT2D eigenvalue weighted by atomic mass is 10.1. The molecule has 3 rings (SSSR count). The lowest BCUT2D eigenvalue weighted by molar-refractivity contribution is -0.121. The van der Waals surface area contributed by atoms with Crippen molar-refractivity contribution in [1.29, 1.82) is 0 Å². The minimum atomic E-state index is -0.489. The summed E-state index contributed by atoms with van der Waals surface area (Å²) in [5.74, 6) is -1.07. The fraction of sp³-hybridized carbons (Fsp3) is 0.364. The topological polar surface area (TPSA) is 70.7 Å². The van der Waals surface area contributed by atoms with Gasteiger partial charge in [0.2, 0.25) is 5.91 Å². The van der Waals surface area contributed by atoms with Gasteiger partial charge in [0.05, 0.1) is 18.8 Å². The third kappa shape index (κ3) is 6.90. The number of hydrogen-bond donors (Lipinski definition) is 2. The van der Waals surface area contributed by atoms with E-state index in [4.69, 9.17) is 4.74 Å². The predicted molar refractivity (Wildman–Crippen MR) is 115 cm³/mol. The Kier molecular flexibility index (Phi) is 8.36. The standard InChI is InChI=1S/C22H25BrFN3O3/c23-20-5-4-18(24)13-19(20)22(29)25-7-6-21(28)26-14-16-2-1-3-17(12-16)15-27-8-10-30-11-9-27/h1-5,12-13H,6-11,14-15H2,(H,25,29)(H,26,28). The van der Waals surface area contributed by atoms with Crippen molar-refractivity contribution in [2.24, 2.45) is 0 Å². The lowest BCUT2D eigenvalue weighted by Crippen LogP contribution is -2.35. The molecule has 2 aromatic carbocycles. The number of halogens is 2. The van der Waals surface area contributed by atoms with Crippen molar-refractivity contribution in [3.8, 4) is 0 Å². The number of carbonyl (C=O) groups is 2. The van der Waals surface area contributed by atoms with E-state index in [1.807, 2.05) is 12.1 Å². The Hall–Kier alpha value is -2.29. The molecule has 1 saturated heterocycles. The van der Waals surface area contributed by atoms with Gasteiger partial charge in [0, 0.05) is 43.6 Å². The second-order valence-electron chi connectivity index (χ2n) is 7.12. The summed E-state index contributed by atoms with van der Waals surface area (Å²) in [6, 6.07) is 12.1. The van der Waals surface area contributed by atoms with Gasteiger partial charge in [0.25, 0.3) is 5.91 Å². The molecule has 2 amide bonds. The first-order valence-electron chi connectivity index (χ1n) is 9.89. The second kappa shape index (κ2) is 11.2. The first-order valence-corrected chi connectivity index (χ1v) is 10.7. The molecule has 0 spiro atoms. The van der Waals surface area contributed by atoms with E-state index >= 15 is 0 Å². The van der Waals surface area contributed by atoms with Crippen LogP contribution in [0.2, 0.25) is 0 Å². The van der Waals surface area contributed by atoms with Crippen LogP contribution in [0.5, 0.6) is 0 Å².